The summed E-state index contributed by atoms with van der Waals surface area (Å²) in [6.07, 6.45) is 140. The maximum atomic E-state index is 11.9. The first kappa shape index (κ1) is 155. The summed E-state index contributed by atoms with van der Waals surface area (Å²) >= 11 is 0. The van der Waals surface area contributed by atoms with E-state index in [4.69, 9.17) is 34.3 Å². The fraction of sp³-hybridized carbons (Fsp3) is 0.955. The fourth-order valence-corrected chi connectivity index (χ4v) is 19.2. The van der Waals surface area contributed by atoms with Crippen molar-refractivity contribution in [1.82, 2.24) is 0 Å². The Morgan fingerprint density at radius 2 is 0.203 bits per heavy atom. The smallest absolute Gasteiger partial charge is 0.466 e. The van der Waals surface area contributed by atoms with Gasteiger partial charge < -0.3 is 48.5 Å². The molecule has 148 heavy (non-hydrogen) atoms. The maximum Gasteiger partial charge on any atom is 0.508 e. The van der Waals surface area contributed by atoms with Crippen molar-refractivity contribution in [2.45, 2.75) is 769 Å². The largest absolute Gasteiger partial charge is 0.508 e. The van der Waals surface area contributed by atoms with E-state index in [1.807, 2.05) is 0 Å². The normalized spacial score (nSPS) is 10.9. The maximum absolute atomic E-state index is 11.9. The van der Waals surface area contributed by atoms with E-state index in [1.54, 1.807) is 0 Å². The summed E-state index contributed by atoms with van der Waals surface area (Å²) in [5.74, 6) is 0.0526. The van der Waals surface area contributed by atoms with Gasteiger partial charge >= 0.3 is 36.6 Å². The Bertz CT molecular complexity index is 2370. The van der Waals surface area contributed by atoms with Crippen LogP contribution >= 0.6 is 0 Å². The van der Waals surface area contributed by atoms with E-state index in [0.29, 0.717) is 59.1 Å². The van der Waals surface area contributed by atoms with Crippen molar-refractivity contribution < 1.29 is 77.2 Å². The van der Waals surface area contributed by atoms with Crippen LogP contribution in [-0.2, 0) is 42.7 Å². The lowest BCUT2D eigenvalue weighted by atomic mass is 10.0. The fourth-order valence-electron chi connectivity index (χ4n) is 19.2. The van der Waals surface area contributed by atoms with Crippen molar-refractivity contribution in [3.8, 4) is 0 Å². The van der Waals surface area contributed by atoms with Gasteiger partial charge in [0.05, 0.1) is 46.2 Å². The second-order valence-electron chi connectivity index (χ2n) is 44.2. The van der Waals surface area contributed by atoms with Crippen molar-refractivity contribution in [1.29, 1.82) is 0 Å². The summed E-state index contributed by atoms with van der Waals surface area (Å²) in [6.45, 7) is 23.7. The zero-order chi connectivity index (χ0) is 109. The molecule has 0 heterocycles. The molecule has 0 aromatic carbocycles. The van der Waals surface area contributed by atoms with Gasteiger partial charge in [0.2, 0.25) is 0 Å². The van der Waals surface area contributed by atoms with Crippen LogP contribution in [0.2, 0.25) is 0 Å². The number of carbonyl (C=O) groups is 6. The van der Waals surface area contributed by atoms with Crippen LogP contribution in [0.3, 0.4) is 0 Å². The Hall–Kier alpha value is -3.98. The van der Waals surface area contributed by atoms with Crippen LogP contribution in [-0.4, -0.2) is 98.1 Å². The minimum atomic E-state index is -1.16. The van der Waals surface area contributed by atoms with Crippen LogP contribution in [0.15, 0.2) is 0 Å². The molecule has 16 heteroatoms. The molecule has 0 unspecified atom stereocenters. The third-order valence-electron chi connectivity index (χ3n) is 29.1. The van der Waals surface area contributed by atoms with Crippen molar-refractivity contribution in [2.24, 2.45) is 0 Å². The van der Waals surface area contributed by atoms with E-state index >= 15 is 0 Å². The summed E-state index contributed by atoms with van der Waals surface area (Å²) in [7, 11) is 0. The van der Waals surface area contributed by atoms with Gasteiger partial charge in [-0.1, -0.05) is 698 Å². The van der Waals surface area contributed by atoms with Gasteiger partial charge in [-0.3, -0.25) is 9.59 Å². The first-order chi connectivity index (χ1) is 72.7. The SMILES string of the molecule is CCCCCCCCCCCCCCCCCC(=O)OCCCCCCCCCCCCCC.CCCCCCCCCCCCCCCCCCCC(=O)OCCCCCCCCCCCCCC.CCCCCCCCCCCCCCCCOC(=O)O.CCCCCCCCCCCCCCOC(=O)O.CCCCCCCCCCCCOC(=O)O.CCCCCCCCCCOC(=O)OCCCCCCCCCC. The lowest BCUT2D eigenvalue weighted by molar-refractivity contribution is -0.144. The topological polar surface area (TPSA) is 228 Å². The molecule has 0 amide bonds. The zero-order valence-electron chi connectivity index (χ0n) is 101. The van der Waals surface area contributed by atoms with Crippen LogP contribution in [0.1, 0.15) is 769 Å². The third kappa shape index (κ3) is 170. The number of esters is 2. The molecule has 0 bridgehead atoms. The third-order valence-corrected chi connectivity index (χ3v) is 29.1. The molecule has 0 atom stereocenters. The Morgan fingerprint density at radius 3 is 0.311 bits per heavy atom. The average Bonchev–Trinajstić information content (AvgIpc) is 1.05. The predicted octanol–water partition coefficient (Wildman–Crippen LogP) is 47.3. The number of hydrogen-bond acceptors (Lipinski definition) is 13. The predicted molar refractivity (Wildman–Crippen MR) is 640 cm³/mol. The number of rotatable bonds is 117. The first-order valence-electron chi connectivity index (χ1n) is 66.4. The Balaban J connectivity index is -0.000000419. The van der Waals surface area contributed by atoms with E-state index in [1.165, 1.54) is 604 Å². The highest BCUT2D eigenvalue weighted by atomic mass is 16.7. The van der Waals surface area contributed by atoms with E-state index < -0.39 is 24.6 Å². The highest BCUT2D eigenvalue weighted by Crippen LogP contribution is 2.23. The van der Waals surface area contributed by atoms with E-state index in [9.17, 15) is 28.8 Å². The number of carbonyl (C=O) groups excluding carboxylic acids is 3. The molecule has 0 saturated carbocycles. The lowest BCUT2D eigenvalue weighted by Gasteiger charge is -2.06. The quantitative estimate of drug-likeness (QED) is 0.0292. The highest BCUT2D eigenvalue weighted by Gasteiger charge is 2.10. The summed E-state index contributed by atoms with van der Waals surface area (Å²) in [6, 6.07) is 0. The van der Waals surface area contributed by atoms with Crippen LogP contribution in [0, 0.1) is 0 Å². The molecular weight excluding hydrogens is 1840 g/mol. The molecule has 16 nitrogen and oxygen atoms in total. The van der Waals surface area contributed by atoms with Crippen LogP contribution < -0.4 is 0 Å². The number of hydrogen-bond donors (Lipinski definition) is 3. The van der Waals surface area contributed by atoms with Gasteiger partial charge in [0, 0.05) is 12.8 Å². The zero-order valence-corrected chi connectivity index (χ0v) is 101. The monoisotopic (exact) mass is 2110 g/mol. The number of ether oxygens (including phenoxy) is 7. The van der Waals surface area contributed by atoms with Crippen molar-refractivity contribution in [3.63, 3.8) is 0 Å². The number of unbranched alkanes of at least 4 members (excludes halogenated alkanes) is 99. The van der Waals surface area contributed by atoms with Crippen LogP contribution in [0.25, 0.3) is 0 Å². The Kier molecular flexibility index (Phi) is 158. The lowest BCUT2D eigenvalue weighted by Crippen LogP contribution is -2.09. The molecule has 0 aliphatic rings. The molecule has 0 spiro atoms. The second kappa shape index (κ2) is 151. The Labute approximate surface area is 923 Å². The van der Waals surface area contributed by atoms with Crippen molar-refractivity contribution in [2.75, 3.05) is 46.2 Å². The molecular formula is C132H264O16. The molecule has 0 fully saturated rings. The van der Waals surface area contributed by atoms with Gasteiger partial charge in [-0.25, -0.2) is 19.2 Å². The van der Waals surface area contributed by atoms with Crippen LogP contribution in [0.5, 0.6) is 0 Å². The van der Waals surface area contributed by atoms with E-state index in [0.717, 1.165) is 89.9 Å². The Morgan fingerprint density at radius 1 is 0.115 bits per heavy atom. The molecule has 0 aromatic rings. The summed E-state index contributed by atoms with van der Waals surface area (Å²) in [5, 5.41) is 24.8. The summed E-state index contributed by atoms with van der Waals surface area (Å²) in [4.78, 5) is 65.4. The molecule has 0 aromatic heterocycles. The molecule has 0 aliphatic carbocycles. The summed E-state index contributed by atoms with van der Waals surface area (Å²) in [5.41, 5.74) is 0. The van der Waals surface area contributed by atoms with Gasteiger partial charge in [0.25, 0.3) is 0 Å². The van der Waals surface area contributed by atoms with Crippen LogP contribution in [0.4, 0.5) is 19.2 Å². The minimum absolute atomic E-state index is 0.0257. The van der Waals surface area contributed by atoms with Crippen molar-refractivity contribution >= 4 is 36.6 Å². The first-order valence-corrected chi connectivity index (χ1v) is 66.4. The van der Waals surface area contributed by atoms with Gasteiger partial charge in [0.15, 0.2) is 0 Å². The van der Waals surface area contributed by atoms with Gasteiger partial charge in [-0.2, -0.15) is 0 Å². The molecule has 0 rings (SSSR count). The number of carboxylic acid groups (broad SMARTS) is 3. The van der Waals surface area contributed by atoms with Gasteiger partial charge in [-0.05, 0) is 57.8 Å². The van der Waals surface area contributed by atoms with E-state index in [2.05, 4.69) is 76.5 Å². The average molecular weight is 2110 g/mol. The van der Waals surface area contributed by atoms with Gasteiger partial charge in [0.1, 0.15) is 0 Å². The second-order valence-corrected chi connectivity index (χ2v) is 44.2. The van der Waals surface area contributed by atoms with Crippen molar-refractivity contribution in [3.05, 3.63) is 0 Å². The minimum Gasteiger partial charge on any atom is -0.466 e. The molecule has 0 saturated heterocycles. The highest BCUT2D eigenvalue weighted by molar-refractivity contribution is 5.69. The molecule has 3 N–H and O–H groups in total. The molecule has 888 valence electrons. The van der Waals surface area contributed by atoms with E-state index in [-0.39, 0.29) is 11.9 Å². The van der Waals surface area contributed by atoms with Gasteiger partial charge in [-0.15, -0.1) is 0 Å². The molecule has 0 radical (unpaired) electrons. The summed E-state index contributed by atoms with van der Waals surface area (Å²) < 4.78 is 34.4. The standard InChI is InChI=1S/C34H68O2.C32H64O2.C21H42O3.C17H34O3.C15H30O3.C13H26O3/c1-3-5-7-9-11-13-15-17-18-19-20-21-22-24-26-28-30-32-34(35)36-33-31-29-27-25-23-16-14-12-10-8-6-4-2;1-3-5-7-9-11-13-15-17-18-19-20-22-24-26-28-30-32(33)34-31-29-27-25-23-21-16-14-12-10-8-6-4-2;1-3-5-7-9-11-13-15-17-19-23-21(22)24-20-18-16-14-12-10-8-6-4-2;1-2-3-4-5-6-7-8-9-10-11-12-13-14-15-16-20-17(18)19;1-2-3-4-5-6-7-8-9-10-11-12-13-14-18-15(16)17;1-2-3-4-5-6-7-8-9-10-11-12-16-13(14)15/h3-33H2,1-2H3;3-31H2,1-2H3;3-20H2,1-2H3;2-16H2,1H3,(H,18,19);2-14H2,1H3,(H,16,17);2-12H2,1H3,(H,14,15). The molecule has 0 aliphatic heterocycles.